The molecule has 1 atom stereocenters. The topological polar surface area (TPSA) is 73.1 Å². The molecule has 14 heavy (non-hydrogen) atoms. The van der Waals surface area contributed by atoms with Gasteiger partial charge in [-0.25, -0.2) is 9.97 Å². The van der Waals surface area contributed by atoms with E-state index in [-0.39, 0.29) is 6.04 Å². The van der Waals surface area contributed by atoms with Crippen LogP contribution in [0, 0.1) is 0 Å². The third-order valence-corrected chi connectivity index (χ3v) is 1.89. The normalized spacial score (nSPS) is 12.7. The number of nitrogens with one attached hydrogen (secondary N) is 1. The fourth-order valence-electron chi connectivity index (χ4n) is 1.15. The number of nitrogens with two attached hydrogens (primary N) is 1. The number of ether oxygens (including phenoxy) is 1. The second-order valence-electron chi connectivity index (χ2n) is 2.87. The monoisotopic (exact) mass is 196 g/mol. The molecule has 0 amide bonds. The Hall–Kier alpha value is -1.04. The second-order valence-corrected chi connectivity index (χ2v) is 2.87. The minimum absolute atomic E-state index is 0.0770. The lowest BCUT2D eigenvalue weighted by atomic mass is 10.2. The van der Waals surface area contributed by atoms with Crippen LogP contribution in [0.15, 0.2) is 18.6 Å². The van der Waals surface area contributed by atoms with Crippen molar-refractivity contribution in [1.29, 1.82) is 0 Å². The molecular formula is C9H16N4O. The van der Waals surface area contributed by atoms with Crippen LogP contribution in [0.25, 0.3) is 0 Å². The zero-order valence-corrected chi connectivity index (χ0v) is 8.31. The molecule has 0 aliphatic carbocycles. The van der Waals surface area contributed by atoms with Gasteiger partial charge < -0.3 is 15.8 Å². The number of aromatic nitrogens is 2. The Morgan fingerprint density at radius 2 is 2.50 bits per heavy atom. The van der Waals surface area contributed by atoms with Crippen molar-refractivity contribution < 1.29 is 4.74 Å². The van der Waals surface area contributed by atoms with Crippen LogP contribution in [-0.4, -0.2) is 36.8 Å². The molecule has 1 unspecified atom stereocenters. The Morgan fingerprint density at radius 3 is 3.07 bits per heavy atom. The van der Waals surface area contributed by atoms with E-state index in [1.165, 1.54) is 6.33 Å². The lowest BCUT2D eigenvalue weighted by Crippen LogP contribution is -2.31. The fourth-order valence-corrected chi connectivity index (χ4v) is 1.15. The molecule has 78 valence electrons. The molecule has 0 radical (unpaired) electrons. The Morgan fingerprint density at radius 1 is 1.64 bits per heavy atom. The maximum absolute atomic E-state index is 5.62. The molecule has 3 N–H and O–H groups in total. The highest BCUT2D eigenvalue weighted by atomic mass is 16.5. The molecule has 1 rings (SSSR count). The van der Waals surface area contributed by atoms with Gasteiger partial charge in [-0.1, -0.05) is 0 Å². The number of hydrogen-bond acceptors (Lipinski definition) is 5. The quantitative estimate of drug-likeness (QED) is 0.612. The molecule has 0 aliphatic heterocycles. The van der Waals surface area contributed by atoms with E-state index in [2.05, 4.69) is 15.3 Å². The molecule has 0 fully saturated rings. The zero-order chi connectivity index (χ0) is 10.2. The van der Waals surface area contributed by atoms with E-state index in [9.17, 15) is 0 Å². The molecule has 0 spiro atoms. The molecule has 1 aromatic heterocycles. The van der Waals surface area contributed by atoms with Crippen molar-refractivity contribution in [2.45, 2.75) is 6.04 Å². The molecule has 0 aliphatic rings. The molecular weight excluding hydrogens is 180 g/mol. The van der Waals surface area contributed by atoms with Crippen LogP contribution in [0.3, 0.4) is 0 Å². The SMILES string of the molecule is COCCNC(CN)c1ccncn1. The summed E-state index contributed by atoms with van der Waals surface area (Å²) in [6.07, 6.45) is 3.24. The van der Waals surface area contributed by atoms with E-state index < -0.39 is 0 Å². The third kappa shape index (κ3) is 3.37. The van der Waals surface area contributed by atoms with Crippen molar-refractivity contribution in [3.63, 3.8) is 0 Å². The van der Waals surface area contributed by atoms with Crippen molar-refractivity contribution >= 4 is 0 Å². The van der Waals surface area contributed by atoms with Crippen LogP contribution >= 0.6 is 0 Å². The van der Waals surface area contributed by atoms with E-state index in [1.807, 2.05) is 6.07 Å². The number of rotatable bonds is 6. The first kappa shape index (κ1) is 11.0. The first-order chi connectivity index (χ1) is 6.88. The molecule has 0 bridgehead atoms. The van der Waals surface area contributed by atoms with Crippen LogP contribution in [0.4, 0.5) is 0 Å². The Balaban J connectivity index is 2.46. The standard InChI is InChI=1S/C9H16N4O/c1-14-5-4-12-9(6-10)8-2-3-11-7-13-8/h2-3,7,9,12H,4-6,10H2,1H3. The average Bonchev–Trinajstić information content (AvgIpc) is 2.26. The predicted molar refractivity (Wildman–Crippen MR) is 53.7 cm³/mol. The summed E-state index contributed by atoms with van der Waals surface area (Å²) in [5, 5.41) is 3.25. The Bertz CT molecular complexity index is 242. The summed E-state index contributed by atoms with van der Waals surface area (Å²) in [5.41, 5.74) is 6.54. The van der Waals surface area contributed by atoms with E-state index in [0.717, 1.165) is 12.2 Å². The molecule has 0 saturated heterocycles. The van der Waals surface area contributed by atoms with Gasteiger partial charge in [0.05, 0.1) is 18.3 Å². The van der Waals surface area contributed by atoms with Gasteiger partial charge in [-0.3, -0.25) is 0 Å². The molecule has 0 aromatic carbocycles. The summed E-state index contributed by atoms with van der Waals surface area (Å²) in [5.74, 6) is 0. The van der Waals surface area contributed by atoms with E-state index in [1.54, 1.807) is 13.3 Å². The summed E-state index contributed by atoms with van der Waals surface area (Å²) in [6.45, 7) is 1.95. The van der Waals surface area contributed by atoms with Crippen molar-refractivity contribution in [3.05, 3.63) is 24.3 Å². The molecule has 0 saturated carbocycles. The van der Waals surface area contributed by atoms with Crippen molar-refractivity contribution in [1.82, 2.24) is 15.3 Å². The molecule has 1 aromatic rings. The van der Waals surface area contributed by atoms with E-state index in [4.69, 9.17) is 10.5 Å². The van der Waals surface area contributed by atoms with Gasteiger partial charge >= 0.3 is 0 Å². The maximum Gasteiger partial charge on any atom is 0.115 e. The smallest absolute Gasteiger partial charge is 0.115 e. The van der Waals surface area contributed by atoms with Gasteiger partial charge in [0.25, 0.3) is 0 Å². The van der Waals surface area contributed by atoms with Gasteiger partial charge in [-0.15, -0.1) is 0 Å². The second kappa shape index (κ2) is 6.42. The van der Waals surface area contributed by atoms with Gasteiger partial charge in [0, 0.05) is 26.4 Å². The number of hydrogen-bond donors (Lipinski definition) is 2. The predicted octanol–water partition coefficient (Wildman–Crippen LogP) is -0.288. The van der Waals surface area contributed by atoms with Gasteiger partial charge in [0.15, 0.2) is 0 Å². The summed E-state index contributed by atoms with van der Waals surface area (Å²) >= 11 is 0. The lowest BCUT2D eigenvalue weighted by Gasteiger charge is -2.15. The zero-order valence-electron chi connectivity index (χ0n) is 8.31. The van der Waals surface area contributed by atoms with Crippen LogP contribution in [0.2, 0.25) is 0 Å². The van der Waals surface area contributed by atoms with E-state index >= 15 is 0 Å². The largest absolute Gasteiger partial charge is 0.383 e. The first-order valence-electron chi connectivity index (χ1n) is 4.56. The van der Waals surface area contributed by atoms with Crippen molar-refractivity contribution in [2.24, 2.45) is 5.73 Å². The molecule has 5 heteroatoms. The van der Waals surface area contributed by atoms with Crippen LogP contribution in [0.1, 0.15) is 11.7 Å². The fraction of sp³-hybridized carbons (Fsp3) is 0.556. The third-order valence-electron chi connectivity index (χ3n) is 1.89. The summed E-state index contributed by atoms with van der Waals surface area (Å²) in [6, 6.07) is 1.94. The average molecular weight is 196 g/mol. The van der Waals surface area contributed by atoms with Crippen LogP contribution in [-0.2, 0) is 4.74 Å². The molecule has 1 heterocycles. The van der Waals surface area contributed by atoms with Crippen molar-refractivity contribution in [2.75, 3.05) is 26.8 Å². The van der Waals surface area contributed by atoms with Gasteiger partial charge in [0.1, 0.15) is 6.33 Å². The summed E-state index contributed by atoms with van der Waals surface area (Å²) in [4.78, 5) is 7.99. The number of nitrogens with zero attached hydrogens (tertiary/aromatic N) is 2. The Kier molecular flexibility index (Phi) is 5.06. The first-order valence-corrected chi connectivity index (χ1v) is 4.56. The minimum atomic E-state index is 0.0770. The van der Waals surface area contributed by atoms with Gasteiger partial charge in [0.2, 0.25) is 0 Å². The van der Waals surface area contributed by atoms with Gasteiger partial charge in [-0.2, -0.15) is 0 Å². The highest BCUT2D eigenvalue weighted by molar-refractivity contribution is 5.04. The van der Waals surface area contributed by atoms with Crippen LogP contribution in [0.5, 0.6) is 0 Å². The van der Waals surface area contributed by atoms with E-state index in [0.29, 0.717) is 13.2 Å². The minimum Gasteiger partial charge on any atom is -0.383 e. The Labute approximate surface area is 83.7 Å². The van der Waals surface area contributed by atoms with Gasteiger partial charge in [-0.05, 0) is 6.07 Å². The maximum atomic E-state index is 5.62. The summed E-state index contributed by atoms with van der Waals surface area (Å²) in [7, 11) is 1.67. The van der Waals surface area contributed by atoms with Crippen molar-refractivity contribution in [3.8, 4) is 0 Å². The highest BCUT2D eigenvalue weighted by Gasteiger charge is 2.08. The highest BCUT2D eigenvalue weighted by Crippen LogP contribution is 2.05. The summed E-state index contributed by atoms with van der Waals surface area (Å²) < 4.78 is 4.94. The number of methoxy groups -OCH3 is 1. The van der Waals surface area contributed by atoms with Crippen LogP contribution < -0.4 is 11.1 Å². The molecule has 5 nitrogen and oxygen atoms in total. The lowest BCUT2D eigenvalue weighted by molar-refractivity contribution is 0.196.